The normalized spacial score (nSPS) is 13.0. The largest absolute Gasteiger partial charge is 0.386 e. The zero-order valence-electron chi connectivity index (χ0n) is 10.9. The topological polar surface area (TPSA) is 68.8 Å². The molecule has 0 amide bonds. The lowest BCUT2D eigenvalue weighted by molar-refractivity contribution is 0.170. The van der Waals surface area contributed by atoms with Gasteiger partial charge in [-0.3, -0.25) is 9.36 Å². The molecular weight excluding hydrogens is 242 g/mol. The maximum absolute atomic E-state index is 10.4. The van der Waals surface area contributed by atoms with Crippen molar-refractivity contribution < 1.29 is 5.11 Å². The fourth-order valence-electron chi connectivity index (χ4n) is 2.26. The summed E-state index contributed by atoms with van der Waals surface area (Å²) < 4.78 is 3.44. The molecular formula is C13H15N5O. The third-order valence-electron chi connectivity index (χ3n) is 3.28. The summed E-state index contributed by atoms with van der Waals surface area (Å²) in [4.78, 5) is 4.13. The van der Waals surface area contributed by atoms with E-state index < -0.39 is 6.10 Å². The van der Waals surface area contributed by atoms with Crippen molar-refractivity contribution in [3.8, 4) is 0 Å². The minimum absolute atomic E-state index is 0.400. The summed E-state index contributed by atoms with van der Waals surface area (Å²) in [5.41, 5.74) is 1.69. The van der Waals surface area contributed by atoms with Crippen LogP contribution in [0.2, 0.25) is 0 Å². The highest BCUT2D eigenvalue weighted by Crippen LogP contribution is 2.24. The number of benzene rings is 1. The Hall–Kier alpha value is -2.21. The molecule has 98 valence electrons. The van der Waals surface area contributed by atoms with Gasteiger partial charge in [-0.2, -0.15) is 10.2 Å². The van der Waals surface area contributed by atoms with Gasteiger partial charge in [-0.05, 0) is 6.07 Å². The first-order chi connectivity index (χ1) is 9.16. The fourth-order valence-corrected chi connectivity index (χ4v) is 2.26. The first-order valence-electron chi connectivity index (χ1n) is 6.09. The molecule has 0 bridgehead atoms. The van der Waals surface area contributed by atoms with E-state index in [0.29, 0.717) is 12.1 Å². The number of para-hydroxylation sites is 1. The van der Waals surface area contributed by atoms with Crippen LogP contribution in [0.15, 0.2) is 30.6 Å². The van der Waals surface area contributed by atoms with Gasteiger partial charge in [0.05, 0.1) is 11.2 Å². The quantitative estimate of drug-likeness (QED) is 0.759. The Balaban J connectivity index is 1.98. The summed E-state index contributed by atoms with van der Waals surface area (Å²) in [5.74, 6) is 0.738. The second-order valence-electron chi connectivity index (χ2n) is 4.55. The van der Waals surface area contributed by atoms with Crippen molar-refractivity contribution in [3.63, 3.8) is 0 Å². The number of aryl methyl sites for hydroxylation is 2. The number of aliphatic hydroxyl groups is 1. The molecule has 0 aliphatic heterocycles. The number of fused-ring (bicyclic) bond motifs is 1. The van der Waals surface area contributed by atoms with E-state index in [1.54, 1.807) is 9.36 Å². The van der Waals surface area contributed by atoms with Crippen LogP contribution >= 0.6 is 0 Å². The van der Waals surface area contributed by atoms with Crippen molar-refractivity contribution in [3.05, 3.63) is 42.1 Å². The summed E-state index contributed by atoms with van der Waals surface area (Å²) >= 11 is 0. The van der Waals surface area contributed by atoms with E-state index in [9.17, 15) is 5.11 Å². The molecule has 0 radical (unpaired) electrons. The van der Waals surface area contributed by atoms with Crippen LogP contribution in [-0.2, 0) is 20.5 Å². The first kappa shape index (κ1) is 11.9. The van der Waals surface area contributed by atoms with Crippen molar-refractivity contribution in [2.24, 2.45) is 14.1 Å². The van der Waals surface area contributed by atoms with Gasteiger partial charge in [-0.25, -0.2) is 4.98 Å². The molecule has 1 N–H and O–H groups in total. The lowest BCUT2D eigenvalue weighted by Gasteiger charge is -2.07. The van der Waals surface area contributed by atoms with Crippen LogP contribution in [0.3, 0.4) is 0 Å². The Labute approximate surface area is 110 Å². The van der Waals surface area contributed by atoms with Gasteiger partial charge in [0.25, 0.3) is 0 Å². The minimum atomic E-state index is -0.686. The molecule has 0 saturated heterocycles. The number of aliphatic hydroxyl groups excluding tert-OH is 1. The van der Waals surface area contributed by atoms with Gasteiger partial charge in [0.15, 0.2) is 0 Å². The van der Waals surface area contributed by atoms with Crippen LogP contribution in [0.1, 0.15) is 17.6 Å². The van der Waals surface area contributed by atoms with E-state index in [-0.39, 0.29) is 0 Å². The van der Waals surface area contributed by atoms with Crippen LogP contribution < -0.4 is 0 Å². The number of rotatable bonds is 3. The predicted molar refractivity (Wildman–Crippen MR) is 70.4 cm³/mol. The number of nitrogens with zero attached hydrogens (tertiary/aromatic N) is 5. The Kier molecular flexibility index (Phi) is 2.79. The number of hydrogen-bond donors (Lipinski definition) is 1. The summed E-state index contributed by atoms with van der Waals surface area (Å²) in [6, 6.07) is 7.86. The maximum Gasteiger partial charge on any atom is 0.138 e. The Morgan fingerprint density at radius 2 is 2.00 bits per heavy atom. The molecule has 6 nitrogen and oxygen atoms in total. The Morgan fingerprint density at radius 3 is 2.74 bits per heavy atom. The van der Waals surface area contributed by atoms with Crippen LogP contribution in [0, 0.1) is 0 Å². The van der Waals surface area contributed by atoms with E-state index in [1.807, 2.05) is 38.4 Å². The Bertz CT molecular complexity index is 715. The van der Waals surface area contributed by atoms with Gasteiger partial charge in [0.1, 0.15) is 18.3 Å². The minimum Gasteiger partial charge on any atom is -0.386 e. The molecule has 3 rings (SSSR count). The smallest absolute Gasteiger partial charge is 0.138 e. The highest BCUT2D eigenvalue weighted by molar-refractivity contribution is 5.82. The van der Waals surface area contributed by atoms with Gasteiger partial charge in [-0.1, -0.05) is 18.2 Å². The fraction of sp³-hybridized carbons (Fsp3) is 0.308. The van der Waals surface area contributed by atoms with Gasteiger partial charge in [0, 0.05) is 25.9 Å². The SMILES string of the molecule is Cn1ncnc1CC(O)c1nn(C)c2ccccc12. The monoisotopic (exact) mass is 257 g/mol. The maximum atomic E-state index is 10.4. The van der Waals surface area contributed by atoms with Crippen LogP contribution in [0.4, 0.5) is 0 Å². The average Bonchev–Trinajstić information content (AvgIpc) is 2.95. The number of aromatic nitrogens is 5. The molecule has 0 fully saturated rings. The van der Waals surface area contributed by atoms with Gasteiger partial charge in [-0.15, -0.1) is 0 Å². The highest BCUT2D eigenvalue weighted by Gasteiger charge is 2.18. The molecule has 1 unspecified atom stereocenters. The summed E-state index contributed by atoms with van der Waals surface area (Å²) in [6.45, 7) is 0. The average molecular weight is 257 g/mol. The molecule has 0 spiro atoms. The second-order valence-corrected chi connectivity index (χ2v) is 4.55. The van der Waals surface area contributed by atoms with E-state index in [4.69, 9.17) is 0 Å². The summed E-state index contributed by atoms with van der Waals surface area (Å²) in [6.07, 6.45) is 1.20. The van der Waals surface area contributed by atoms with Gasteiger partial charge < -0.3 is 5.11 Å². The molecule has 2 heterocycles. The van der Waals surface area contributed by atoms with Crippen molar-refractivity contribution >= 4 is 10.9 Å². The second kappa shape index (κ2) is 4.47. The van der Waals surface area contributed by atoms with Crippen molar-refractivity contribution in [1.82, 2.24) is 24.5 Å². The molecule has 0 aliphatic carbocycles. The molecule has 19 heavy (non-hydrogen) atoms. The molecule has 1 aromatic carbocycles. The van der Waals surface area contributed by atoms with Crippen LogP contribution in [-0.4, -0.2) is 29.7 Å². The molecule has 3 aromatic rings. The standard InChI is InChI=1S/C13H15N5O/c1-17-10-6-4-3-5-9(10)13(16-17)11(19)7-12-14-8-15-18(12)2/h3-6,8,11,19H,7H2,1-2H3. The predicted octanol–water partition coefficient (Wildman–Crippen LogP) is 0.978. The lowest BCUT2D eigenvalue weighted by atomic mass is 10.1. The van der Waals surface area contributed by atoms with Crippen LogP contribution in [0.25, 0.3) is 10.9 Å². The van der Waals surface area contributed by atoms with Crippen molar-refractivity contribution in [1.29, 1.82) is 0 Å². The van der Waals surface area contributed by atoms with E-state index >= 15 is 0 Å². The molecule has 0 saturated carbocycles. The third-order valence-corrected chi connectivity index (χ3v) is 3.28. The number of hydrogen-bond acceptors (Lipinski definition) is 4. The first-order valence-corrected chi connectivity index (χ1v) is 6.09. The lowest BCUT2D eigenvalue weighted by Crippen LogP contribution is -2.08. The molecule has 2 aromatic heterocycles. The zero-order chi connectivity index (χ0) is 13.4. The van der Waals surface area contributed by atoms with E-state index in [2.05, 4.69) is 15.2 Å². The van der Waals surface area contributed by atoms with Crippen molar-refractivity contribution in [2.75, 3.05) is 0 Å². The van der Waals surface area contributed by atoms with Gasteiger partial charge >= 0.3 is 0 Å². The van der Waals surface area contributed by atoms with Crippen molar-refractivity contribution in [2.45, 2.75) is 12.5 Å². The van der Waals surface area contributed by atoms with Gasteiger partial charge in [0.2, 0.25) is 0 Å². The summed E-state index contributed by atoms with van der Waals surface area (Å²) in [7, 11) is 3.69. The summed E-state index contributed by atoms with van der Waals surface area (Å²) in [5, 5.41) is 19.8. The Morgan fingerprint density at radius 1 is 1.21 bits per heavy atom. The molecule has 1 atom stereocenters. The third kappa shape index (κ3) is 2.00. The highest BCUT2D eigenvalue weighted by atomic mass is 16.3. The molecule has 0 aliphatic rings. The van der Waals surface area contributed by atoms with Crippen LogP contribution in [0.5, 0.6) is 0 Å². The van der Waals surface area contributed by atoms with E-state index in [1.165, 1.54) is 6.33 Å². The molecule has 6 heteroatoms. The zero-order valence-corrected chi connectivity index (χ0v) is 10.9. The van der Waals surface area contributed by atoms with E-state index in [0.717, 1.165) is 16.7 Å².